The molecule has 1 saturated carbocycles. The Morgan fingerprint density at radius 2 is 2.07 bits per heavy atom. The van der Waals surface area contributed by atoms with Gasteiger partial charge in [0.1, 0.15) is 0 Å². The van der Waals surface area contributed by atoms with Crippen LogP contribution in [0.4, 0.5) is 8.78 Å². The second-order valence-corrected chi connectivity index (χ2v) is 8.33. The fraction of sp³-hybridized carbons (Fsp3) is 0.545. The lowest BCUT2D eigenvalue weighted by atomic mass is 9.93. The molecule has 0 spiro atoms. The van der Waals surface area contributed by atoms with Gasteiger partial charge in [-0.3, -0.25) is 9.69 Å². The summed E-state index contributed by atoms with van der Waals surface area (Å²) in [6.07, 6.45) is 10.1. The molecule has 1 aromatic heterocycles. The van der Waals surface area contributed by atoms with Crippen molar-refractivity contribution in [1.29, 1.82) is 0 Å². The van der Waals surface area contributed by atoms with Gasteiger partial charge in [-0.2, -0.15) is 0 Å². The van der Waals surface area contributed by atoms with Crippen molar-refractivity contribution in [2.45, 2.75) is 57.7 Å². The number of nitrogens with zero attached hydrogens (tertiary/aromatic N) is 3. The Morgan fingerprint density at radius 1 is 1.21 bits per heavy atom. The van der Waals surface area contributed by atoms with Gasteiger partial charge in [0.25, 0.3) is 0 Å². The number of nitrogens with one attached hydrogen (secondary N) is 1. The highest BCUT2D eigenvalue weighted by molar-refractivity contribution is 5.75. The molecule has 4 rings (SSSR count). The number of hydrogen-bond donors (Lipinski definition) is 1. The average Bonchev–Trinajstić information content (AvgIpc) is 3.46. The van der Waals surface area contributed by atoms with Crippen molar-refractivity contribution in [2.24, 2.45) is 5.92 Å². The number of rotatable bonds is 8. The van der Waals surface area contributed by atoms with Crippen LogP contribution in [-0.2, 0) is 17.9 Å². The molecule has 156 valence electrons. The molecule has 1 unspecified atom stereocenters. The van der Waals surface area contributed by atoms with Gasteiger partial charge in [0.05, 0.1) is 12.0 Å². The number of hydrogen-bond acceptors (Lipinski definition) is 3. The Balaban J connectivity index is 1.20. The molecule has 7 heteroatoms. The molecule has 5 nitrogen and oxygen atoms in total. The molecule has 0 radical (unpaired) electrons. The summed E-state index contributed by atoms with van der Waals surface area (Å²) < 4.78 is 28.5. The summed E-state index contributed by atoms with van der Waals surface area (Å²) in [5.74, 6) is -1.29. The number of carbonyl (C=O) groups is 1. The number of likely N-dealkylation sites (tertiary alicyclic amines) is 1. The maximum atomic E-state index is 13.2. The highest BCUT2D eigenvalue weighted by Crippen LogP contribution is 2.36. The topological polar surface area (TPSA) is 50.2 Å². The second kappa shape index (κ2) is 9.03. The molecular formula is C22H28F2N4O. The summed E-state index contributed by atoms with van der Waals surface area (Å²) in [4.78, 5) is 19.0. The van der Waals surface area contributed by atoms with E-state index in [2.05, 4.69) is 19.8 Å². The molecule has 2 aromatic rings. The zero-order valence-electron chi connectivity index (χ0n) is 16.6. The van der Waals surface area contributed by atoms with Gasteiger partial charge >= 0.3 is 0 Å². The minimum Gasteiger partial charge on any atom is -0.352 e. The first kappa shape index (κ1) is 20.0. The minimum absolute atomic E-state index is 0.0429. The fourth-order valence-electron chi connectivity index (χ4n) is 4.17. The van der Waals surface area contributed by atoms with Crippen LogP contribution in [-0.4, -0.2) is 33.4 Å². The van der Waals surface area contributed by atoms with Crippen LogP contribution >= 0.6 is 0 Å². The van der Waals surface area contributed by atoms with E-state index in [0.717, 1.165) is 51.0 Å². The van der Waals surface area contributed by atoms with Crippen LogP contribution in [0.3, 0.4) is 0 Å². The van der Waals surface area contributed by atoms with E-state index in [4.69, 9.17) is 0 Å². The largest absolute Gasteiger partial charge is 0.352 e. The Hall–Kier alpha value is -2.28. The number of aromatic nitrogens is 2. The number of piperidine rings is 1. The lowest BCUT2D eigenvalue weighted by Gasteiger charge is -2.32. The Kier molecular flexibility index (Phi) is 6.23. The van der Waals surface area contributed by atoms with Crippen molar-refractivity contribution in [3.8, 4) is 0 Å². The third-order valence-corrected chi connectivity index (χ3v) is 5.93. The van der Waals surface area contributed by atoms with Crippen LogP contribution in [0.1, 0.15) is 55.8 Å². The van der Waals surface area contributed by atoms with Crippen molar-refractivity contribution in [2.75, 3.05) is 13.1 Å². The number of carbonyl (C=O) groups excluding carboxylic acids is 1. The summed E-state index contributed by atoms with van der Waals surface area (Å²) in [5.41, 5.74) is 1.85. The van der Waals surface area contributed by atoms with Gasteiger partial charge in [0.15, 0.2) is 11.6 Å². The summed E-state index contributed by atoms with van der Waals surface area (Å²) in [5, 5.41) is 2.81. The number of benzene rings is 1. The minimum atomic E-state index is -0.887. The van der Waals surface area contributed by atoms with Crippen LogP contribution < -0.4 is 5.32 Å². The zero-order chi connectivity index (χ0) is 20.2. The Bertz CT molecular complexity index is 849. The van der Waals surface area contributed by atoms with Gasteiger partial charge in [0.2, 0.25) is 5.91 Å². The maximum absolute atomic E-state index is 13.2. The molecule has 1 N–H and O–H groups in total. The molecule has 1 aliphatic carbocycles. The predicted molar refractivity (Wildman–Crippen MR) is 106 cm³/mol. The number of imidazole rings is 1. The van der Waals surface area contributed by atoms with E-state index >= 15 is 0 Å². The van der Waals surface area contributed by atoms with Crippen molar-refractivity contribution in [3.05, 3.63) is 53.6 Å². The molecule has 2 fully saturated rings. The molecule has 1 aromatic carbocycles. The van der Waals surface area contributed by atoms with Crippen molar-refractivity contribution in [3.63, 3.8) is 0 Å². The quantitative estimate of drug-likeness (QED) is 0.731. The van der Waals surface area contributed by atoms with Crippen LogP contribution in [0, 0.1) is 17.6 Å². The van der Waals surface area contributed by atoms with Crippen LogP contribution in [0.2, 0.25) is 0 Å². The van der Waals surface area contributed by atoms with E-state index in [-0.39, 0.29) is 12.5 Å². The molecule has 2 aliphatic rings. The molecule has 1 amide bonds. The van der Waals surface area contributed by atoms with E-state index in [0.29, 0.717) is 23.9 Å². The fourth-order valence-corrected chi connectivity index (χ4v) is 4.17. The van der Waals surface area contributed by atoms with Gasteiger partial charge in [0, 0.05) is 38.3 Å². The summed E-state index contributed by atoms with van der Waals surface area (Å²) in [7, 11) is 0. The lowest BCUT2D eigenvalue weighted by Crippen LogP contribution is -2.36. The Morgan fingerprint density at radius 3 is 2.86 bits per heavy atom. The standard InChI is InChI=1S/C22H28F2N4O/c23-20-7-3-17(10-21(20)24)11-26-22(29)8-4-16-2-1-9-27(13-16)14-19-12-25-15-28(19)18-5-6-18/h3,7,10,12,15-16,18H,1-2,4-6,8-9,11,13-14H2,(H,26,29). The van der Waals surface area contributed by atoms with Crippen molar-refractivity contribution in [1.82, 2.24) is 19.8 Å². The third-order valence-electron chi connectivity index (χ3n) is 5.93. The molecule has 0 bridgehead atoms. The molecular weight excluding hydrogens is 374 g/mol. The van der Waals surface area contributed by atoms with Gasteiger partial charge in [-0.1, -0.05) is 6.07 Å². The maximum Gasteiger partial charge on any atom is 0.220 e. The van der Waals surface area contributed by atoms with Crippen molar-refractivity contribution < 1.29 is 13.6 Å². The highest BCUT2D eigenvalue weighted by atomic mass is 19.2. The van der Waals surface area contributed by atoms with Crippen molar-refractivity contribution >= 4 is 5.91 Å². The first-order valence-corrected chi connectivity index (χ1v) is 10.5. The molecule has 1 saturated heterocycles. The third kappa shape index (κ3) is 5.41. The van der Waals surface area contributed by atoms with E-state index in [1.165, 1.54) is 24.6 Å². The van der Waals surface area contributed by atoms with E-state index in [1.54, 1.807) is 0 Å². The normalized spacial score (nSPS) is 20.0. The predicted octanol–water partition coefficient (Wildman–Crippen LogP) is 3.80. The average molecular weight is 402 g/mol. The molecule has 2 heterocycles. The molecule has 1 aliphatic heterocycles. The van der Waals surface area contributed by atoms with E-state index in [9.17, 15) is 13.6 Å². The first-order chi connectivity index (χ1) is 14.1. The van der Waals surface area contributed by atoms with Gasteiger partial charge < -0.3 is 9.88 Å². The number of halogens is 2. The summed E-state index contributed by atoms with van der Waals surface area (Å²) in [6.45, 7) is 3.24. The van der Waals surface area contributed by atoms with E-state index in [1.807, 2.05) is 12.5 Å². The lowest BCUT2D eigenvalue weighted by molar-refractivity contribution is -0.121. The second-order valence-electron chi connectivity index (χ2n) is 8.33. The zero-order valence-corrected chi connectivity index (χ0v) is 16.6. The molecule has 1 atom stereocenters. The van der Waals surface area contributed by atoms with E-state index < -0.39 is 11.6 Å². The first-order valence-electron chi connectivity index (χ1n) is 10.5. The van der Waals surface area contributed by atoms with Crippen LogP contribution in [0.5, 0.6) is 0 Å². The molecule has 29 heavy (non-hydrogen) atoms. The smallest absolute Gasteiger partial charge is 0.220 e. The summed E-state index contributed by atoms with van der Waals surface area (Å²) >= 11 is 0. The summed E-state index contributed by atoms with van der Waals surface area (Å²) in [6, 6.07) is 4.35. The SMILES string of the molecule is O=C(CCC1CCCN(Cc2cncn2C2CC2)C1)NCc1ccc(F)c(F)c1. The highest BCUT2D eigenvalue weighted by Gasteiger charge is 2.27. The van der Waals surface area contributed by atoms with Gasteiger partial charge in [-0.05, 0) is 62.3 Å². The monoisotopic (exact) mass is 402 g/mol. The van der Waals surface area contributed by atoms with Gasteiger partial charge in [-0.25, -0.2) is 13.8 Å². The number of amides is 1. The van der Waals surface area contributed by atoms with Crippen LogP contribution in [0.25, 0.3) is 0 Å². The Labute approximate surface area is 170 Å². The van der Waals surface area contributed by atoms with Gasteiger partial charge in [-0.15, -0.1) is 0 Å². The van der Waals surface area contributed by atoms with Crippen LogP contribution in [0.15, 0.2) is 30.7 Å².